The van der Waals surface area contributed by atoms with Gasteiger partial charge in [0.15, 0.2) is 5.56 Å². The molecule has 4 nitrogen and oxygen atoms in total. The Hall–Kier alpha value is -0.990. The highest BCUT2D eigenvalue weighted by Gasteiger charge is 2.30. The lowest BCUT2D eigenvalue weighted by Gasteiger charge is -2.32. The largest absolute Gasteiger partial charge is 0.376 e. The van der Waals surface area contributed by atoms with Crippen molar-refractivity contribution in [1.82, 2.24) is 0 Å². The van der Waals surface area contributed by atoms with Crippen LogP contribution in [0.4, 0.5) is 5.69 Å². The molecule has 2 heterocycles. The molecule has 0 spiro atoms. The minimum atomic E-state index is 0.142. The summed E-state index contributed by atoms with van der Waals surface area (Å²) in [5, 5.41) is 10.4. The molecule has 1 aliphatic heterocycles. The zero-order chi connectivity index (χ0) is 17.8. The highest BCUT2D eigenvalue weighted by Crippen LogP contribution is 2.37. The number of H-pyrrole nitrogens is 1. The van der Waals surface area contributed by atoms with Crippen LogP contribution in [0.5, 0.6) is 0 Å². The van der Waals surface area contributed by atoms with Crippen molar-refractivity contribution in [2.75, 3.05) is 24.6 Å². The van der Waals surface area contributed by atoms with E-state index in [0.29, 0.717) is 28.7 Å². The average molecular weight is 402 g/mol. The highest BCUT2D eigenvalue weighted by molar-refractivity contribution is 6.43. The Morgan fingerprint density at radius 2 is 2.04 bits per heavy atom. The number of anilines is 1. The van der Waals surface area contributed by atoms with E-state index in [4.69, 9.17) is 39.5 Å². The Kier molecular flexibility index (Phi) is 6.46. The number of halogens is 3. The predicted molar refractivity (Wildman–Crippen MR) is 100 cm³/mol. The molecule has 0 bridgehead atoms. The first-order valence-corrected chi connectivity index (χ1v) is 9.75. The number of nitriles is 1. The fourth-order valence-electron chi connectivity index (χ4n) is 3.56. The van der Waals surface area contributed by atoms with Gasteiger partial charge in [0.2, 0.25) is 0 Å². The minimum absolute atomic E-state index is 0.142. The molecule has 2 atom stereocenters. The molecule has 2 aliphatic rings. The number of nitrogens with zero attached hydrogens (tertiary/aromatic N) is 2. The number of nitrogens with one attached hydrogen (secondary N) is 1. The SMILES string of the molecule is N#Cc1c(Cl)[nH+]c(Cl)c(Cl)c1N(C[C@H]1CC=CCC1)C[C@@H]1CCCO1. The van der Waals surface area contributed by atoms with Gasteiger partial charge in [-0.25, -0.2) is 0 Å². The van der Waals surface area contributed by atoms with Gasteiger partial charge < -0.3 is 9.64 Å². The molecule has 0 radical (unpaired) electrons. The highest BCUT2D eigenvalue weighted by atomic mass is 35.5. The lowest BCUT2D eigenvalue weighted by molar-refractivity contribution is -0.372. The molecule has 1 aliphatic carbocycles. The van der Waals surface area contributed by atoms with Gasteiger partial charge in [0, 0.05) is 19.7 Å². The van der Waals surface area contributed by atoms with E-state index in [9.17, 15) is 5.26 Å². The summed E-state index contributed by atoms with van der Waals surface area (Å²) in [5.74, 6) is 0.510. The molecular formula is C18H21Cl3N3O+. The first-order chi connectivity index (χ1) is 12.1. The lowest BCUT2D eigenvalue weighted by Crippen LogP contribution is -2.37. The standard InChI is InChI=1S/C18H20Cl3N3O/c19-15-16(14(9-22)17(20)23-18(15)21)24(11-13-7-4-8-25-13)10-12-5-2-1-3-6-12/h1-2,12-13H,3-8,10-11H2/p+1/t12-,13-/m0/s1. The Morgan fingerprint density at radius 3 is 2.68 bits per heavy atom. The number of hydrogen-bond acceptors (Lipinski definition) is 3. The van der Waals surface area contributed by atoms with Crippen LogP contribution in [0.25, 0.3) is 0 Å². The zero-order valence-corrected chi connectivity index (χ0v) is 16.2. The Labute approximate surface area is 163 Å². The van der Waals surface area contributed by atoms with Gasteiger partial charge in [-0.1, -0.05) is 23.8 Å². The van der Waals surface area contributed by atoms with Crippen molar-refractivity contribution in [3.05, 3.63) is 33.0 Å². The lowest BCUT2D eigenvalue weighted by atomic mass is 9.93. The summed E-state index contributed by atoms with van der Waals surface area (Å²) in [6.07, 6.45) is 9.91. The van der Waals surface area contributed by atoms with Crippen molar-refractivity contribution >= 4 is 40.5 Å². The summed E-state index contributed by atoms with van der Waals surface area (Å²) in [6, 6.07) is 2.17. The molecule has 0 saturated carbocycles. The van der Waals surface area contributed by atoms with E-state index >= 15 is 0 Å². The summed E-state index contributed by atoms with van der Waals surface area (Å²) >= 11 is 18.9. The molecule has 7 heteroatoms. The topological polar surface area (TPSA) is 50.4 Å². The molecule has 1 aromatic rings. The smallest absolute Gasteiger partial charge is 0.295 e. The summed E-state index contributed by atoms with van der Waals surface area (Å²) in [6.45, 7) is 2.27. The Bertz CT molecular complexity index is 696. The predicted octanol–water partition coefficient (Wildman–Crippen LogP) is 4.67. The van der Waals surface area contributed by atoms with Crippen molar-refractivity contribution in [2.45, 2.75) is 38.2 Å². The van der Waals surface area contributed by atoms with Crippen LogP contribution in [-0.4, -0.2) is 25.8 Å². The third kappa shape index (κ3) is 4.41. The minimum Gasteiger partial charge on any atom is -0.376 e. The fraction of sp³-hybridized carbons (Fsp3) is 0.556. The molecule has 3 rings (SSSR count). The van der Waals surface area contributed by atoms with Gasteiger partial charge >= 0.3 is 0 Å². The molecule has 1 saturated heterocycles. The van der Waals surface area contributed by atoms with E-state index in [-0.39, 0.29) is 16.4 Å². The van der Waals surface area contributed by atoms with Gasteiger partial charge in [0.05, 0.1) is 11.8 Å². The normalized spacial score (nSPS) is 22.8. The van der Waals surface area contributed by atoms with Crippen LogP contribution in [0.3, 0.4) is 0 Å². The quantitative estimate of drug-likeness (QED) is 0.532. The molecule has 0 aromatic carbocycles. The van der Waals surface area contributed by atoms with Gasteiger partial charge in [-0.3, -0.25) is 0 Å². The average Bonchev–Trinajstić information content (AvgIpc) is 3.11. The second-order valence-corrected chi connectivity index (χ2v) is 7.73. The number of hydrogen-bond donors (Lipinski definition) is 0. The van der Waals surface area contributed by atoms with E-state index in [1.807, 2.05) is 0 Å². The summed E-state index contributed by atoms with van der Waals surface area (Å²) in [4.78, 5) is 4.90. The fourth-order valence-corrected chi connectivity index (χ4v) is 4.28. The van der Waals surface area contributed by atoms with E-state index < -0.39 is 0 Å². The van der Waals surface area contributed by atoms with Crippen molar-refractivity contribution in [3.63, 3.8) is 0 Å². The maximum atomic E-state index is 9.60. The molecule has 1 aromatic heterocycles. The van der Waals surface area contributed by atoms with Crippen LogP contribution in [0.1, 0.15) is 37.7 Å². The van der Waals surface area contributed by atoms with E-state index in [2.05, 4.69) is 28.1 Å². The molecular weight excluding hydrogens is 381 g/mol. The maximum Gasteiger partial charge on any atom is 0.295 e. The van der Waals surface area contributed by atoms with Gasteiger partial charge in [-0.15, -0.1) is 0 Å². The van der Waals surface area contributed by atoms with Crippen molar-refractivity contribution in [2.24, 2.45) is 5.92 Å². The van der Waals surface area contributed by atoms with E-state index in [0.717, 1.165) is 45.3 Å². The van der Waals surface area contributed by atoms with Crippen molar-refractivity contribution < 1.29 is 9.72 Å². The van der Waals surface area contributed by atoms with Crippen LogP contribution < -0.4 is 9.88 Å². The van der Waals surface area contributed by atoms with Crippen molar-refractivity contribution in [1.29, 1.82) is 5.26 Å². The molecule has 1 N–H and O–H groups in total. The number of ether oxygens (including phenoxy) is 1. The van der Waals surface area contributed by atoms with Crippen LogP contribution in [0.2, 0.25) is 15.3 Å². The maximum absolute atomic E-state index is 9.60. The van der Waals surface area contributed by atoms with Gasteiger partial charge in [0.25, 0.3) is 10.3 Å². The first kappa shape index (κ1) is 18.8. The van der Waals surface area contributed by atoms with Gasteiger partial charge in [-0.2, -0.15) is 10.2 Å². The number of pyridine rings is 1. The van der Waals surface area contributed by atoms with E-state index in [1.54, 1.807) is 0 Å². The molecule has 134 valence electrons. The molecule has 0 amide bonds. The first-order valence-electron chi connectivity index (χ1n) is 8.61. The monoisotopic (exact) mass is 400 g/mol. The van der Waals surface area contributed by atoms with Crippen LogP contribution in [-0.2, 0) is 4.74 Å². The Morgan fingerprint density at radius 1 is 1.20 bits per heavy atom. The number of aromatic amines is 1. The number of aromatic nitrogens is 1. The third-order valence-electron chi connectivity index (χ3n) is 4.81. The van der Waals surface area contributed by atoms with Gasteiger partial charge in [-0.05, 0) is 61.2 Å². The second-order valence-electron chi connectivity index (χ2n) is 6.59. The molecule has 25 heavy (non-hydrogen) atoms. The van der Waals surface area contributed by atoms with Gasteiger partial charge in [0.1, 0.15) is 11.1 Å². The van der Waals surface area contributed by atoms with Crippen LogP contribution in [0, 0.1) is 17.2 Å². The number of rotatable bonds is 5. The summed E-state index contributed by atoms with van der Waals surface area (Å²) < 4.78 is 5.81. The summed E-state index contributed by atoms with van der Waals surface area (Å²) in [7, 11) is 0. The third-order valence-corrected chi connectivity index (χ3v) is 5.84. The zero-order valence-electron chi connectivity index (χ0n) is 13.9. The van der Waals surface area contributed by atoms with Crippen LogP contribution >= 0.6 is 34.8 Å². The molecule has 1 fully saturated rings. The van der Waals surface area contributed by atoms with Crippen molar-refractivity contribution in [3.8, 4) is 6.07 Å². The number of allylic oxidation sites excluding steroid dienone is 2. The Balaban J connectivity index is 1.95. The molecule has 0 unspecified atom stereocenters. The summed E-state index contributed by atoms with van der Waals surface area (Å²) in [5.41, 5.74) is 0.948. The van der Waals surface area contributed by atoms with Crippen LogP contribution in [0.15, 0.2) is 12.2 Å². The second kappa shape index (κ2) is 8.60. The van der Waals surface area contributed by atoms with E-state index in [1.165, 1.54) is 0 Å².